The highest BCUT2D eigenvalue weighted by atomic mass is 19.3. The first kappa shape index (κ1) is 20.3. The highest BCUT2D eigenvalue weighted by Crippen LogP contribution is 2.35. The smallest absolute Gasteiger partial charge is 0.338 e. The van der Waals surface area contributed by atoms with E-state index in [9.17, 15) is 23.5 Å². The Labute approximate surface area is 154 Å². The zero-order valence-electron chi connectivity index (χ0n) is 14.4. The van der Waals surface area contributed by atoms with Crippen LogP contribution in [-0.2, 0) is 14.3 Å². The van der Waals surface area contributed by atoms with Crippen molar-refractivity contribution in [3.63, 3.8) is 0 Å². The Hall–Kier alpha value is -3.00. The van der Waals surface area contributed by atoms with Gasteiger partial charge in [-0.15, -0.1) is 0 Å². The maximum Gasteiger partial charge on any atom is 0.338 e. The van der Waals surface area contributed by atoms with Gasteiger partial charge in [0.15, 0.2) is 12.9 Å². The van der Waals surface area contributed by atoms with Crippen LogP contribution in [0.5, 0.6) is 5.75 Å². The molecule has 0 aliphatic carbocycles. The van der Waals surface area contributed by atoms with Gasteiger partial charge in [-0.1, -0.05) is 30.3 Å². The largest absolute Gasteiger partial charge is 0.544 e. The second-order valence-corrected chi connectivity index (χ2v) is 5.39. The molecule has 2 aromatic carbocycles. The zero-order valence-corrected chi connectivity index (χ0v) is 14.4. The number of rotatable bonds is 9. The number of halogens is 2. The molecule has 0 aliphatic rings. The van der Waals surface area contributed by atoms with Crippen LogP contribution in [0.15, 0.2) is 54.6 Å². The lowest BCUT2D eigenvalue weighted by Crippen LogP contribution is -2.47. The zero-order chi connectivity index (χ0) is 19.9. The fourth-order valence-corrected chi connectivity index (χ4v) is 2.14. The Morgan fingerprint density at radius 1 is 1.07 bits per heavy atom. The summed E-state index contributed by atoms with van der Waals surface area (Å²) in [4.78, 5) is 23.1. The molecule has 144 valence electrons. The van der Waals surface area contributed by atoms with Crippen molar-refractivity contribution in [2.75, 3.05) is 13.4 Å². The van der Waals surface area contributed by atoms with Crippen LogP contribution in [0.3, 0.4) is 0 Å². The number of carbonyl (C=O) groups excluding carboxylic acids is 2. The third kappa shape index (κ3) is 5.24. The topological polar surface area (TPSA) is 84.9 Å². The van der Waals surface area contributed by atoms with Crippen LogP contribution in [0.1, 0.15) is 28.9 Å². The van der Waals surface area contributed by atoms with E-state index in [0.29, 0.717) is 12.4 Å². The van der Waals surface area contributed by atoms with Crippen LogP contribution >= 0.6 is 0 Å². The third-order valence-corrected chi connectivity index (χ3v) is 3.53. The fourth-order valence-electron chi connectivity index (χ4n) is 2.14. The van der Waals surface area contributed by atoms with Gasteiger partial charge in [0.05, 0.1) is 5.56 Å². The van der Waals surface area contributed by atoms with E-state index < -0.39 is 24.0 Å². The monoisotopic (exact) mass is 379 g/mol. The molecule has 0 spiro atoms. The number of ether oxygens (including phenoxy) is 3. The summed E-state index contributed by atoms with van der Waals surface area (Å²) < 4.78 is 43.1. The average Bonchev–Trinajstić information content (AvgIpc) is 2.67. The highest BCUT2D eigenvalue weighted by Gasteiger charge is 2.45. The van der Waals surface area contributed by atoms with Crippen LogP contribution in [0, 0.1) is 0 Å². The van der Waals surface area contributed by atoms with Gasteiger partial charge in [0.25, 0.3) is 0 Å². The van der Waals surface area contributed by atoms with E-state index in [1.54, 1.807) is 13.0 Å². The van der Waals surface area contributed by atoms with Crippen molar-refractivity contribution in [3.8, 4) is 5.75 Å². The molecule has 0 bridgehead atoms. The predicted molar refractivity (Wildman–Crippen MR) is 88.1 cm³/mol. The Kier molecular flexibility index (Phi) is 6.84. The lowest BCUT2D eigenvalue weighted by molar-refractivity contribution is -0.336. The maximum absolute atomic E-state index is 14.0. The molecule has 2 aromatic rings. The molecule has 1 unspecified atom stereocenters. The number of esters is 1. The number of hydrogen-bond acceptors (Lipinski definition) is 6. The molecule has 27 heavy (non-hydrogen) atoms. The first-order valence-electron chi connectivity index (χ1n) is 8.02. The number of carboxylic acids is 1. The van der Waals surface area contributed by atoms with Gasteiger partial charge in [-0.25, -0.2) is 4.79 Å². The minimum Gasteiger partial charge on any atom is -0.544 e. The minimum absolute atomic E-state index is 0.0220. The van der Waals surface area contributed by atoms with Crippen LogP contribution in [0.2, 0.25) is 0 Å². The number of carboxylic acid groups (broad SMARTS) is 1. The summed E-state index contributed by atoms with van der Waals surface area (Å²) in [6, 6.07) is 12.4. The molecule has 0 heterocycles. The van der Waals surface area contributed by atoms with Gasteiger partial charge in [0.2, 0.25) is 0 Å². The second-order valence-electron chi connectivity index (χ2n) is 5.39. The molecular formula is C19H17F2O6-. The number of aliphatic carboxylic acids is 1. The van der Waals surface area contributed by atoms with Crippen LogP contribution < -0.4 is 9.84 Å². The molecule has 0 N–H and O–H groups in total. The summed E-state index contributed by atoms with van der Waals surface area (Å²) in [7, 11) is 0. The van der Waals surface area contributed by atoms with Crippen molar-refractivity contribution >= 4 is 11.9 Å². The Morgan fingerprint density at radius 3 is 2.26 bits per heavy atom. The summed E-state index contributed by atoms with van der Waals surface area (Å²) in [5.41, 5.74) is -0.217. The average molecular weight is 379 g/mol. The SMILES string of the molecule is CCOCOc1ccc(C(=O)OC(c2ccccc2)C(F)(F)C(=O)[O-])cc1. The lowest BCUT2D eigenvalue weighted by atomic mass is 10.0. The summed E-state index contributed by atoms with van der Waals surface area (Å²) in [5, 5.41) is 10.8. The van der Waals surface area contributed by atoms with E-state index in [1.807, 2.05) is 0 Å². The molecule has 1 atom stereocenters. The van der Waals surface area contributed by atoms with Gasteiger partial charge in [-0.2, -0.15) is 8.78 Å². The van der Waals surface area contributed by atoms with E-state index in [-0.39, 0.29) is 17.9 Å². The molecule has 0 saturated heterocycles. The van der Waals surface area contributed by atoms with Gasteiger partial charge in [0, 0.05) is 6.61 Å². The molecule has 2 rings (SSSR count). The molecule has 0 aromatic heterocycles. The molecule has 0 fully saturated rings. The van der Waals surface area contributed by atoms with E-state index in [1.165, 1.54) is 48.5 Å². The molecule has 0 saturated carbocycles. The Balaban J connectivity index is 2.17. The van der Waals surface area contributed by atoms with E-state index in [0.717, 1.165) is 0 Å². The van der Waals surface area contributed by atoms with Gasteiger partial charge < -0.3 is 24.1 Å². The van der Waals surface area contributed by atoms with Crippen molar-refractivity contribution < 1.29 is 37.7 Å². The Morgan fingerprint density at radius 2 is 1.70 bits per heavy atom. The van der Waals surface area contributed by atoms with Crippen molar-refractivity contribution in [1.82, 2.24) is 0 Å². The number of benzene rings is 2. The molecule has 6 nitrogen and oxygen atoms in total. The Bertz CT molecular complexity index is 762. The van der Waals surface area contributed by atoms with Gasteiger partial charge in [-0.3, -0.25) is 0 Å². The van der Waals surface area contributed by atoms with Crippen LogP contribution in [-0.4, -0.2) is 31.3 Å². The molecule has 0 amide bonds. The fraction of sp³-hybridized carbons (Fsp3) is 0.263. The van der Waals surface area contributed by atoms with E-state index >= 15 is 0 Å². The summed E-state index contributed by atoms with van der Waals surface area (Å²) in [6.07, 6.45) is -2.33. The summed E-state index contributed by atoms with van der Waals surface area (Å²) in [6.45, 7) is 2.29. The molecular weight excluding hydrogens is 362 g/mol. The number of alkyl halides is 2. The van der Waals surface area contributed by atoms with Gasteiger partial charge >= 0.3 is 11.9 Å². The van der Waals surface area contributed by atoms with Crippen LogP contribution in [0.25, 0.3) is 0 Å². The van der Waals surface area contributed by atoms with Crippen molar-refractivity contribution in [2.24, 2.45) is 0 Å². The van der Waals surface area contributed by atoms with Crippen molar-refractivity contribution in [3.05, 3.63) is 65.7 Å². The first-order chi connectivity index (χ1) is 12.9. The third-order valence-electron chi connectivity index (χ3n) is 3.53. The molecule has 8 heteroatoms. The van der Waals surface area contributed by atoms with Crippen molar-refractivity contribution in [2.45, 2.75) is 19.0 Å². The standard InChI is InChI=1S/C19H18F2O6/c1-2-25-12-26-15-10-8-14(9-11-15)17(22)27-16(19(20,21)18(23)24)13-6-4-3-5-7-13/h3-11,16H,2,12H2,1H3,(H,23,24)/p-1. The van der Waals surface area contributed by atoms with Crippen LogP contribution in [0.4, 0.5) is 8.78 Å². The van der Waals surface area contributed by atoms with Gasteiger partial charge in [-0.05, 0) is 36.8 Å². The lowest BCUT2D eigenvalue weighted by Gasteiger charge is -2.27. The van der Waals surface area contributed by atoms with Gasteiger partial charge in [0.1, 0.15) is 11.7 Å². The normalized spacial score (nSPS) is 12.3. The van der Waals surface area contributed by atoms with Crippen molar-refractivity contribution in [1.29, 1.82) is 0 Å². The summed E-state index contributed by atoms with van der Waals surface area (Å²) >= 11 is 0. The minimum atomic E-state index is -4.41. The maximum atomic E-state index is 14.0. The first-order valence-corrected chi connectivity index (χ1v) is 8.02. The quantitative estimate of drug-likeness (QED) is 0.378. The second kappa shape index (κ2) is 9.09. The molecule has 0 aliphatic heterocycles. The van der Waals surface area contributed by atoms with E-state index in [2.05, 4.69) is 0 Å². The number of hydrogen-bond donors (Lipinski definition) is 0. The summed E-state index contributed by atoms with van der Waals surface area (Å²) in [5.74, 6) is -7.75. The predicted octanol–water partition coefficient (Wildman–Crippen LogP) is 2.34. The number of carbonyl (C=O) groups is 2. The highest BCUT2D eigenvalue weighted by molar-refractivity contribution is 5.90. The van der Waals surface area contributed by atoms with E-state index in [4.69, 9.17) is 14.2 Å². The molecule has 0 radical (unpaired) electrons.